The Labute approximate surface area is 199 Å². The lowest BCUT2D eigenvalue weighted by Gasteiger charge is -2.27. The van der Waals surface area contributed by atoms with E-state index in [1.54, 1.807) is 0 Å². The number of nitrogens with one attached hydrogen (secondary N) is 1. The molecule has 1 fully saturated rings. The number of morpholine rings is 1. The monoisotopic (exact) mass is 470 g/mol. The van der Waals surface area contributed by atoms with Gasteiger partial charge in [0, 0.05) is 43.1 Å². The van der Waals surface area contributed by atoms with Crippen molar-refractivity contribution >= 4 is 23.4 Å². The first kappa shape index (κ1) is 24.0. The molecule has 1 aromatic carbocycles. The van der Waals surface area contributed by atoms with Crippen LogP contribution in [0.3, 0.4) is 0 Å². The molecule has 0 radical (unpaired) electrons. The SMILES string of the molecule is Cc1ccc(C)c(NC(=O)CSc2nc(=O)n(CCCN3CCOCC3)c3c2CCCC3)c1. The van der Waals surface area contributed by atoms with Crippen LogP contribution in [0, 0.1) is 13.8 Å². The van der Waals surface area contributed by atoms with E-state index in [9.17, 15) is 9.59 Å². The Morgan fingerprint density at radius 3 is 2.76 bits per heavy atom. The number of anilines is 1. The van der Waals surface area contributed by atoms with Crippen LogP contribution in [-0.2, 0) is 28.9 Å². The Balaban J connectivity index is 1.42. The molecule has 1 aliphatic carbocycles. The molecule has 1 aromatic heterocycles. The van der Waals surface area contributed by atoms with Crippen molar-refractivity contribution < 1.29 is 9.53 Å². The number of hydrogen-bond donors (Lipinski definition) is 1. The van der Waals surface area contributed by atoms with E-state index >= 15 is 0 Å². The van der Waals surface area contributed by atoms with Gasteiger partial charge in [-0.1, -0.05) is 23.9 Å². The first-order valence-corrected chi connectivity index (χ1v) is 12.9. The number of fused-ring (bicyclic) bond motifs is 1. The number of carbonyl (C=O) groups is 1. The molecule has 7 nitrogen and oxygen atoms in total. The fraction of sp³-hybridized carbons (Fsp3) is 0.560. The summed E-state index contributed by atoms with van der Waals surface area (Å²) >= 11 is 1.38. The number of nitrogens with zero attached hydrogens (tertiary/aromatic N) is 3. The molecule has 0 bridgehead atoms. The molecule has 4 rings (SSSR count). The molecule has 0 spiro atoms. The summed E-state index contributed by atoms with van der Waals surface area (Å²) in [4.78, 5) is 32.3. The quantitative estimate of drug-likeness (QED) is 0.472. The van der Waals surface area contributed by atoms with E-state index in [1.165, 1.54) is 11.8 Å². The Morgan fingerprint density at radius 2 is 1.94 bits per heavy atom. The minimum absolute atomic E-state index is 0.0743. The molecule has 33 heavy (non-hydrogen) atoms. The largest absolute Gasteiger partial charge is 0.379 e. The van der Waals surface area contributed by atoms with Crippen molar-refractivity contribution in [2.45, 2.75) is 57.5 Å². The number of aryl methyl sites for hydroxylation is 2. The van der Waals surface area contributed by atoms with Crippen LogP contribution in [0.1, 0.15) is 41.6 Å². The first-order valence-electron chi connectivity index (χ1n) is 11.9. The van der Waals surface area contributed by atoms with E-state index in [2.05, 4.69) is 15.2 Å². The van der Waals surface area contributed by atoms with Gasteiger partial charge in [0.2, 0.25) is 5.91 Å². The molecule has 1 amide bonds. The Hall–Kier alpha value is -2.16. The second-order valence-corrected chi connectivity index (χ2v) is 9.91. The van der Waals surface area contributed by atoms with Crippen LogP contribution in [-0.4, -0.2) is 59.0 Å². The van der Waals surface area contributed by atoms with Crippen LogP contribution in [0.4, 0.5) is 5.69 Å². The van der Waals surface area contributed by atoms with Crippen molar-refractivity contribution in [1.29, 1.82) is 0 Å². The van der Waals surface area contributed by atoms with Crippen molar-refractivity contribution in [2.75, 3.05) is 43.9 Å². The summed E-state index contributed by atoms with van der Waals surface area (Å²) in [6.45, 7) is 9.17. The zero-order chi connectivity index (χ0) is 23.2. The summed E-state index contributed by atoms with van der Waals surface area (Å²) < 4.78 is 7.30. The zero-order valence-electron chi connectivity index (χ0n) is 19.7. The number of carbonyl (C=O) groups excluding carboxylic acids is 1. The normalized spacial score (nSPS) is 16.4. The van der Waals surface area contributed by atoms with Gasteiger partial charge in [0.25, 0.3) is 0 Å². The third-order valence-corrected chi connectivity index (χ3v) is 7.44. The van der Waals surface area contributed by atoms with Crippen molar-refractivity contribution in [2.24, 2.45) is 0 Å². The number of hydrogen-bond acceptors (Lipinski definition) is 6. The molecule has 2 aliphatic rings. The minimum atomic E-state index is -0.185. The van der Waals surface area contributed by atoms with Gasteiger partial charge in [-0.3, -0.25) is 14.3 Å². The third kappa shape index (κ3) is 6.25. The highest BCUT2D eigenvalue weighted by Gasteiger charge is 2.21. The predicted octanol–water partition coefficient (Wildman–Crippen LogP) is 3.19. The van der Waals surface area contributed by atoms with Crippen LogP contribution in [0.15, 0.2) is 28.0 Å². The number of aromatic nitrogens is 2. The number of ether oxygens (including phenoxy) is 1. The lowest BCUT2D eigenvalue weighted by molar-refractivity contribution is -0.113. The van der Waals surface area contributed by atoms with Crippen molar-refractivity contribution in [3.05, 3.63) is 51.1 Å². The van der Waals surface area contributed by atoms with Crippen molar-refractivity contribution in [3.63, 3.8) is 0 Å². The second-order valence-electron chi connectivity index (χ2n) is 8.95. The summed E-state index contributed by atoms with van der Waals surface area (Å²) in [5, 5.41) is 3.73. The molecule has 1 saturated heterocycles. The van der Waals surface area contributed by atoms with Gasteiger partial charge >= 0.3 is 5.69 Å². The van der Waals surface area contributed by atoms with Gasteiger partial charge < -0.3 is 10.1 Å². The van der Waals surface area contributed by atoms with E-state index in [0.29, 0.717) is 6.54 Å². The maximum absolute atomic E-state index is 12.9. The molecule has 0 atom stereocenters. The molecule has 2 aromatic rings. The predicted molar refractivity (Wildman–Crippen MR) is 132 cm³/mol. The summed E-state index contributed by atoms with van der Waals surface area (Å²) in [6, 6.07) is 6.02. The second kappa shape index (κ2) is 11.3. The fourth-order valence-electron chi connectivity index (χ4n) is 4.57. The zero-order valence-corrected chi connectivity index (χ0v) is 20.5. The maximum Gasteiger partial charge on any atom is 0.348 e. The molecule has 8 heteroatoms. The summed E-state index contributed by atoms with van der Waals surface area (Å²) in [5.74, 6) is 0.169. The number of rotatable bonds is 8. The third-order valence-electron chi connectivity index (χ3n) is 6.42. The average molecular weight is 471 g/mol. The topological polar surface area (TPSA) is 76.5 Å². The van der Waals surface area contributed by atoms with Gasteiger partial charge in [0.1, 0.15) is 5.03 Å². The number of benzene rings is 1. The first-order chi connectivity index (χ1) is 16.0. The Bertz CT molecular complexity index is 1050. The van der Waals surface area contributed by atoms with Gasteiger partial charge in [0.05, 0.1) is 19.0 Å². The molecule has 1 aliphatic heterocycles. The summed E-state index contributed by atoms with van der Waals surface area (Å²) in [7, 11) is 0. The van der Waals surface area contributed by atoms with Crippen molar-refractivity contribution in [3.8, 4) is 0 Å². The Kier molecular flexibility index (Phi) is 8.22. The van der Waals surface area contributed by atoms with Crippen LogP contribution in [0.25, 0.3) is 0 Å². The van der Waals surface area contributed by atoms with E-state index in [1.807, 2.05) is 36.6 Å². The summed E-state index contributed by atoms with van der Waals surface area (Å²) in [6.07, 6.45) is 4.96. The van der Waals surface area contributed by atoms with Gasteiger partial charge in [-0.15, -0.1) is 0 Å². The van der Waals surface area contributed by atoms with Gasteiger partial charge in [-0.25, -0.2) is 4.79 Å². The number of thioether (sulfide) groups is 1. The van der Waals surface area contributed by atoms with E-state index in [-0.39, 0.29) is 17.3 Å². The van der Waals surface area contributed by atoms with E-state index in [4.69, 9.17) is 4.74 Å². The number of amides is 1. The maximum atomic E-state index is 12.9. The van der Waals surface area contributed by atoms with Crippen LogP contribution >= 0.6 is 11.8 Å². The molecule has 178 valence electrons. The van der Waals surface area contributed by atoms with Gasteiger partial charge in [-0.05, 0) is 63.1 Å². The van der Waals surface area contributed by atoms with Gasteiger partial charge in [-0.2, -0.15) is 4.98 Å². The van der Waals surface area contributed by atoms with Crippen LogP contribution in [0.5, 0.6) is 0 Å². The highest BCUT2D eigenvalue weighted by molar-refractivity contribution is 8.00. The lowest BCUT2D eigenvalue weighted by Crippen LogP contribution is -2.38. The highest BCUT2D eigenvalue weighted by atomic mass is 32.2. The van der Waals surface area contributed by atoms with Crippen LogP contribution < -0.4 is 11.0 Å². The van der Waals surface area contributed by atoms with Crippen LogP contribution in [0.2, 0.25) is 0 Å². The van der Waals surface area contributed by atoms with E-state index < -0.39 is 0 Å². The van der Waals surface area contributed by atoms with Crippen molar-refractivity contribution in [1.82, 2.24) is 14.5 Å². The van der Waals surface area contributed by atoms with E-state index in [0.717, 1.165) is 98.0 Å². The molecular weight excluding hydrogens is 436 g/mol. The Morgan fingerprint density at radius 1 is 1.15 bits per heavy atom. The van der Waals surface area contributed by atoms with Gasteiger partial charge in [0.15, 0.2) is 0 Å². The lowest BCUT2D eigenvalue weighted by atomic mass is 9.97. The fourth-order valence-corrected chi connectivity index (χ4v) is 5.44. The standard InChI is InChI=1S/C25H34N4O3S/c1-18-8-9-19(2)21(16-18)26-23(30)17-33-24-20-6-3-4-7-22(20)29(25(31)27-24)11-5-10-28-12-14-32-15-13-28/h8-9,16H,3-7,10-15,17H2,1-2H3,(H,26,30). The molecule has 0 unspecified atom stereocenters. The molecular formula is C25H34N4O3S. The highest BCUT2D eigenvalue weighted by Crippen LogP contribution is 2.29. The molecule has 0 saturated carbocycles. The average Bonchev–Trinajstić information content (AvgIpc) is 2.82. The summed E-state index contributed by atoms with van der Waals surface area (Å²) in [5.41, 5.74) is 5.09. The molecule has 1 N–H and O–H groups in total. The smallest absolute Gasteiger partial charge is 0.348 e. The minimum Gasteiger partial charge on any atom is -0.379 e. The molecule has 2 heterocycles.